The highest BCUT2D eigenvalue weighted by Gasteiger charge is 2.28. The van der Waals surface area contributed by atoms with E-state index >= 15 is 0 Å². The van der Waals surface area contributed by atoms with Crippen LogP contribution in [0.4, 0.5) is 0 Å². The van der Waals surface area contributed by atoms with Gasteiger partial charge in [-0.25, -0.2) is 0 Å². The third-order valence-corrected chi connectivity index (χ3v) is 4.55. The molecule has 0 radical (unpaired) electrons. The first kappa shape index (κ1) is 16.0. The van der Waals surface area contributed by atoms with Crippen LogP contribution in [0.1, 0.15) is 51.1 Å². The molecule has 0 saturated heterocycles. The van der Waals surface area contributed by atoms with Gasteiger partial charge < -0.3 is 10.6 Å². The fourth-order valence-corrected chi connectivity index (χ4v) is 2.97. The lowest BCUT2D eigenvalue weighted by Crippen LogP contribution is -2.31. The Hall–Kier alpha value is -0.380. The highest BCUT2D eigenvalue weighted by molar-refractivity contribution is 9.10. The number of nitrogens with two attached hydrogens (primary N) is 1. The fourth-order valence-electron chi connectivity index (χ4n) is 2.55. The molecule has 0 aliphatic heterocycles. The third kappa shape index (κ3) is 5.19. The maximum Gasteiger partial charge on any atom is 0.0307 e. The van der Waals surface area contributed by atoms with Gasteiger partial charge in [0.1, 0.15) is 0 Å². The maximum absolute atomic E-state index is 6.34. The molecule has 20 heavy (non-hydrogen) atoms. The lowest BCUT2D eigenvalue weighted by Gasteiger charge is -2.24. The van der Waals surface area contributed by atoms with Gasteiger partial charge in [-0.15, -0.1) is 0 Å². The Kier molecular flexibility index (Phi) is 6.06. The van der Waals surface area contributed by atoms with Gasteiger partial charge >= 0.3 is 0 Å². The zero-order valence-electron chi connectivity index (χ0n) is 12.7. The average molecular weight is 339 g/mol. The van der Waals surface area contributed by atoms with Crippen LogP contribution < -0.4 is 5.73 Å². The molecule has 1 aromatic carbocycles. The molecule has 2 N–H and O–H groups in total. The summed E-state index contributed by atoms with van der Waals surface area (Å²) in [5, 5.41) is 0. The van der Waals surface area contributed by atoms with Gasteiger partial charge in [0.05, 0.1) is 0 Å². The normalized spacial score (nSPS) is 16.9. The summed E-state index contributed by atoms with van der Waals surface area (Å²) in [5.74, 6) is 0.787. The highest BCUT2D eigenvalue weighted by Crippen LogP contribution is 2.28. The van der Waals surface area contributed by atoms with E-state index in [0.29, 0.717) is 0 Å². The fraction of sp³-hybridized carbons (Fsp3) is 0.647. The molecule has 0 spiro atoms. The summed E-state index contributed by atoms with van der Waals surface area (Å²) in [6, 6.07) is 9.37. The van der Waals surface area contributed by atoms with E-state index in [1.165, 1.54) is 31.4 Å². The molecule has 1 aliphatic rings. The molecule has 0 heterocycles. The second-order valence-corrected chi connectivity index (χ2v) is 7.32. The third-order valence-electron chi connectivity index (χ3n) is 4.06. The van der Waals surface area contributed by atoms with Crippen LogP contribution in [0.3, 0.4) is 0 Å². The van der Waals surface area contributed by atoms with Crippen LogP contribution in [0.5, 0.6) is 0 Å². The number of hydrogen-bond donors (Lipinski definition) is 1. The Morgan fingerprint density at radius 2 is 1.95 bits per heavy atom. The number of nitrogens with zero attached hydrogens (tertiary/aromatic N) is 1. The zero-order chi connectivity index (χ0) is 14.5. The molecule has 0 amide bonds. The summed E-state index contributed by atoms with van der Waals surface area (Å²) < 4.78 is 1.12. The van der Waals surface area contributed by atoms with E-state index in [1.54, 1.807) is 0 Å². The highest BCUT2D eigenvalue weighted by atomic mass is 79.9. The number of rotatable bonds is 8. The van der Waals surface area contributed by atoms with Crippen molar-refractivity contribution < 1.29 is 0 Å². The van der Waals surface area contributed by atoms with Crippen molar-refractivity contribution in [1.29, 1.82) is 0 Å². The first-order valence-electron chi connectivity index (χ1n) is 7.81. The molecule has 112 valence electrons. The van der Waals surface area contributed by atoms with Gasteiger partial charge in [0.25, 0.3) is 0 Å². The summed E-state index contributed by atoms with van der Waals surface area (Å²) in [4.78, 5) is 2.65. The molecular formula is C17H27BrN2. The number of benzene rings is 1. The Labute approximate surface area is 131 Å². The van der Waals surface area contributed by atoms with Crippen LogP contribution >= 0.6 is 15.9 Å². The molecule has 1 atom stereocenters. The average Bonchev–Trinajstić information content (AvgIpc) is 3.22. The smallest absolute Gasteiger partial charge is 0.0307 e. The van der Waals surface area contributed by atoms with E-state index in [0.717, 1.165) is 29.4 Å². The molecule has 3 heteroatoms. The Morgan fingerprint density at radius 3 is 2.55 bits per heavy atom. The van der Waals surface area contributed by atoms with E-state index < -0.39 is 0 Å². The topological polar surface area (TPSA) is 29.3 Å². The second kappa shape index (κ2) is 7.58. The van der Waals surface area contributed by atoms with Crippen molar-refractivity contribution in [3.05, 3.63) is 34.3 Å². The second-order valence-electron chi connectivity index (χ2n) is 6.40. The van der Waals surface area contributed by atoms with Crippen molar-refractivity contribution in [3.63, 3.8) is 0 Å². The summed E-state index contributed by atoms with van der Waals surface area (Å²) in [6.07, 6.45) is 5.10. The van der Waals surface area contributed by atoms with Crippen molar-refractivity contribution in [1.82, 2.24) is 4.90 Å². The maximum atomic E-state index is 6.34. The number of halogens is 1. The van der Waals surface area contributed by atoms with Gasteiger partial charge in [0.15, 0.2) is 0 Å². The monoisotopic (exact) mass is 338 g/mol. The predicted octanol–water partition coefficient (Wildman–Crippen LogP) is 4.35. The molecule has 1 fully saturated rings. The predicted molar refractivity (Wildman–Crippen MR) is 89.7 cm³/mol. The van der Waals surface area contributed by atoms with E-state index in [-0.39, 0.29) is 6.04 Å². The van der Waals surface area contributed by atoms with E-state index in [2.05, 4.69) is 58.9 Å². The molecule has 2 rings (SSSR count). The Morgan fingerprint density at radius 1 is 1.25 bits per heavy atom. The standard InChI is InChI=1S/C17H27BrN2/c1-13(2)8-10-20(16-6-7-16)11-9-17(19)14-4-3-5-15(18)12-14/h3-5,12-13,16-17H,6-11,19H2,1-2H3. The molecule has 0 aromatic heterocycles. The van der Waals surface area contributed by atoms with Gasteiger partial charge in [0, 0.05) is 23.1 Å². The van der Waals surface area contributed by atoms with Crippen molar-refractivity contribution >= 4 is 15.9 Å². The number of hydrogen-bond acceptors (Lipinski definition) is 2. The summed E-state index contributed by atoms with van der Waals surface area (Å²) in [5.41, 5.74) is 7.58. The molecule has 1 aromatic rings. The summed E-state index contributed by atoms with van der Waals surface area (Å²) in [7, 11) is 0. The largest absolute Gasteiger partial charge is 0.324 e. The van der Waals surface area contributed by atoms with Crippen LogP contribution in [-0.4, -0.2) is 24.0 Å². The van der Waals surface area contributed by atoms with Crippen molar-refractivity contribution in [2.24, 2.45) is 11.7 Å². The van der Waals surface area contributed by atoms with Crippen LogP contribution in [0, 0.1) is 5.92 Å². The Bertz CT molecular complexity index is 415. The summed E-state index contributed by atoms with van der Waals surface area (Å²) in [6.45, 7) is 6.97. The van der Waals surface area contributed by atoms with Gasteiger partial charge in [0.2, 0.25) is 0 Å². The molecular weight excluding hydrogens is 312 g/mol. The SMILES string of the molecule is CC(C)CCN(CCC(N)c1cccc(Br)c1)C1CC1. The minimum absolute atomic E-state index is 0.146. The summed E-state index contributed by atoms with van der Waals surface area (Å²) >= 11 is 3.52. The van der Waals surface area contributed by atoms with Crippen LogP contribution in [0.2, 0.25) is 0 Å². The zero-order valence-corrected chi connectivity index (χ0v) is 14.3. The van der Waals surface area contributed by atoms with E-state index in [1.807, 2.05) is 0 Å². The first-order valence-corrected chi connectivity index (χ1v) is 8.60. The van der Waals surface area contributed by atoms with Gasteiger partial charge in [-0.1, -0.05) is 41.9 Å². The van der Waals surface area contributed by atoms with Crippen LogP contribution in [0.25, 0.3) is 0 Å². The van der Waals surface area contributed by atoms with Gasteiger partial charge in [-0.3, -0.25) is 0 Å². The quantitative estimate of drug-likeness (QED) is 0.763. The lowest BCUT2D eigenvalue weighted by molar-refractivity contribution is 0.239. The lowest BCUT2D eigenvalue weighted by atomic mass is 10.0. The minimum atomic E-state index is 0.146. The van der Waals surface area contributed by atoms with Gasteiger partial charge in [-0.05, 0) is 55.8 Å². The minimum Gasteiger partial charge on any atom is -0.324 e. The van der Waals surface area contributed by atoms with Crippen LogP contribution in [0.15, 0.2) is 28.7 Å². The molecule has 0 bridgehead atoms. The van der Waals surface area contributed by atoms with Crippen molar-refractivity contribution in [2.45, 2.75) is 51.6 Å². The molecule has 2 nitrogen and oxygen atoms in total. The van der Waals surface area contributed by atoms with Crippen molar-refractivity contribution in [2.75, 3.05) is 13.1 Å². The molecule has 1 unspecified atom stereocenters. The van der Waals surface area contributed by atoms with E-state index in [9.17, 15) is 0 Å². The van der Waals surface area contributed by atoms with Gasteiger partial charge in [-0.2, -0.15) is 0 Å². The van der Waals surface area contributed by atoms with E-state index in [4.69, 9.17) is 5.73 Å². The first-order chi connectivity index (χ1) is 9.56. The molecule has 1 saturated carbocycles. The Balaban J connectivity index is 1.82. The van der Waals surface area contributed by atoms with Crippen molar-refractivity contribution in [3.8, 4) is 0 Å². The van der Waals surface area contributed by atoms with Crippen LogP contribution in [-0.2, 0) is 0 Å². The molecule has 1 aliphatic carbocycles.